The third kappa shape index (κ3) is 4.35. The average Bonchev–Trinajstić information content (AvgIpc) is 3.36. The van der Waals surface area contributed by atoms with Gasteiger partial charge >= 0.3 is 0 Å². The summed E-state index contributed by atoms with van der Waals surface area (Å²) < 4.78 is 15.7. The van der Waals surface area contributed by atoms with Crippen LogP contribution in [0.25, 0.3) is 0 Å². The zero-order valence-corrected chi connectivity index (χ0v) is 15.5. The fourth-order valence-corrected chi connectivity index (χ4v) is 4.15. The molecule has 27 heavy (non-hydrogen) atoms. The largest absolute Gasteiger partial charge is 0.348 e. The van der Waals surface area contributed by atoms with Crippen molar-refractivity contribution in [3.63, 3.8) is 0 Å². The van der Waals surface area contributed by atoms with Gasteiger partial charge in [0, 0.05) is 24.7 Å². The SMILES string of the molecule is O=C(NC1CCCC1)c1cn(C2CCCN(Cc3ccccc3F)C2)nn1. The summed E-state index contributed by atoms with van der Waals surface area (Å²) in [6, 6.07) is 7.35. The molecule has 2 aliphatic rings. The summed E-state index contributed by atoms with van der Waals surface area (Å²) in [5.41, 5.74) is 1.10. The highest BCUT2D eigenvalue weighted by atomic mass is 19.1. The first kappa shape index (κ1) is 18.1. The Morgan fingerprint density at radius 1 is 1.19 bits per heavy atom. The van der Waals surface area contributed by atoms with Gasteiger partial charge in [-0.2, -0.15) is 0 Å². The van der Waals surface area contributed by atoms with E-state index in [4.69, 9.17) is 0 Å². The van der Waals surface area contributed by atoms with E-state index in [0.717, 1.165) is 38.8 Å². The number of nitrogens with one attached hydrogen (secondary N) is 1. The van der Waals surface area contributed by atoms with Gasteiger partial charge in [-0.25, -0.2) is 9.07 Å². The topological polar surface area (TPSA) is 63.1 Å². The lowest BCUT2D eigenvalue weighted by Gasteiger charge is -2.32. The Morgan fingerprint density at radius 3 is 2.81 bits per heavy atom. The molecule has 1 atom stereocenters. The van der Waals surface area contributed by atoms with Crippen molar-refractivity contribution < 1.29 is 9.18 Å². The molecule has 2 fully saturated rings. The Balaban J connectivity index is 1.37. The van der Waals surface area contributed by atoms with Gasteiger partial charge in [-0.15, -0.1) is 5.10 Å². The molecule has 0 radical (unpaired) electrons. The van der Waals surface area contributed by atoms with Crippen molar-refractivity contribution in [2.75, 3.05) is 13.1 Å². The molecule has 2 heterocycles. The van der Waals surface area contributed by atoms with Crippen LogP contribution in [0.2, 0.25) is 0 Å². The lowest BCUT2D eigenvalue weighted by Crippen LogP contribution is -2.36. The third-order valence-electron chi connectivity index (χ3n) is 5.64. The second-order valence-corrected chi connectivity index (χ2v) is 7.66. The molecule has 4 rings (SSSR count). The molecular weight excluding hydrogens is 345 g/mol. The van der Waals surface area contributed by atoms with E-state index in [1.807, 2.05) is 12.1 Å². The summed E-state index contributed by atoms with van der Waals surface area (Å²) in [6.07, 6.45) is 8.21. The maximum Gasteiger partial charge on any atom is 0.273 e. The van der Waals surface area contributed by atoms with E-state index in [9.17, 15) is 9.18 Å². The first-order valence-corrected chi connectivity index (χ1v) is 9.87. The van der Waals surface area contributed by atoms with Gasteiger partial charge in [0.15, 0.2) is 5.69 Å². The van der Waals surface area contributed by atoms with Crippen LogP contribution >= 0.6 is 0 Å². The highest BCUT2D eigenvalue weighted by molar-refractivity contribution is 5.92. The van der Waals surface area contributed by atoms with Gasteiger partial charge in [-0.1, -0.05) is 36.3 Å². The van der Waals surface area contributed by atoms with E-state index in [-0.39, 0.29) is 23.8 Å². The number of hydrogen-bond donors (Lipinski definition) is 1. The second kappa shape index (κ2) is 8.17. The Hall–Kier alpha value is -2.28. The molecule has 1 aliphatic carbocycles. The van der Waals surface area contributed by atoms with Crippen molar-refractivity contribution in [3.05, 3.63) is 47.5 Å². The highest BCUT2D eigenvalue weighted by Gasteiger charge is 2.25. The van der Waals surface area contributed by atoms with Gasteiger partial charge in [0.05, 0.1) is 12.2 Å². The van der Waals surface area contributed by atoms with Gasteiger partial charge in [0.2, 0.25) is 0 Å². The van der Waals surface area contributed by atoms with Crippen molar-refractivity contribution in [2.24, 2.45) is 0 Å². The molecule has 1 aromatic heterocycles. The summed E-state index contributed by atoms with van der Waals surface area (Å²) in [6.45, 7) is 2.31. The maximum atomic E-state index is 13.9. The average molecular weight is 371 g/mol. The van der Waals surface area contributed by atoms with Crippen LogP contribution in [0.3, 0.4) is 0 Å². The fraction of sp³-hybridized carbons (Fsp3) is 0.550. The van der Waals surface area contributed by atoms with Crippen molar-refractivity contribution >= 4 is 5.91 Å². The fourth-order valence-electron chi connectivity index (χ4n) is 4.15. The zero-order chi connectivity index (χ0) is 18.6. The molecule has 1 N–H and O–H groups in total. The summed E-state index contributed by atoms with van der Waals surface area (Å²) in [7, 11) is 0. The molecule has 1 aromatic carbocycles. The van der Waals surface area contributed by atoms with Crippen LogP contribution in [0.5, 0.6) is 0 Å². The number of carbonyl (C=O) groups excluding carboxylic acids is 1. The number of aromatic nitrogens is 3. The minimum absolute atomic E-state index is 0.132. The number of amides is 1. The van der Waals surface area contributed by atoms with E-state index in [1.165, 1.54) is 18.9 Å². The third-order valence-corrected chi connectivity index (χ3v) is 5.64. The molecule has 1 unspecified atom stereocenters. The van der Waals surface area contributed by atoms with Gasteiger partial charge < -0.3 is 5.32 Å². The van der Waals surface area contributed by atoms with E-state index in [0.29, 0.717) is 17.8 Å². The number of halogens is 1. The second-order valence-electron chi connectivity index (χ2n) is 7.66. The smallest absolute Gasteiger partial charge is 0.273 e. The van der Waals surface area contributed by atoms with Crippen molar-refractivity contribution in [3.8, 4) is 0 Å². The Labute approximate surface area is 158 Å². The van der Waals surface area contributed by atoms with Crippen LogP contribution < -0.4 is 5.32 Å². The number of benzene rings is 1. The number of nitrogens with zero attached hydrogens (tertiary/aromatic N) is 4. The first-order chi connectivity index (χ1) is 13.2. The van der Waals surface area contributed by atoms with Crippen molar-refractivity contribution in [2.45, 2.75) is 57.2 Å². The van der Waals surface area contributed by atoms with E-state index in [2.05, 4.69) is 20.5 Å². The molecule has 1 amide bonds. The predicted octanol–water partition coefficient (Wildman–Crippen LogP) is 2.93. The minimum Gasteiger partial charge on any atom is -0.348 e. The molecule has 2 aromatic rings. The van der Waals surface area contributed by atoms with Crippen LogP contribution in [0, 0.1) is 5.82 Å². The van der Waals surface area contributed by atoms with E-state index >= 15 is 0 Å². The monoisotopic (exact) mass is 371 g/mol. The molecule has 144 valence electrons. The number of rotatable bonds is 5. The van der Waals surface area contributed by atoms with Crippen LogP contribution in [-0.2, 0) is 6.54 Å². The Morgan fingerprint density at radius 2 is 2.00 bits per heavy atom. The molecule has 0 spiro atoms. The van der Waals surface area contributed by atoms with Gasteiger partial charge in [0.25, 0.3) is 5.91 Å². The summed E-state index contributed by atoms with van der Waals surface area (Å²) >= 11 is 0. The summed E-state index contributed by atoms with van der Waals surface area (Å²) in [5.74, 6) is -0.293. The van der Waals surface area contributed by atoms with Crippen LogP contribution in [-0.4, -0.2) is 44.9 Å². The van der Waals surface area contributed by atoms with Crippen LogP contribution in [0.4, 0.5) is 4.39 Å². The molecule has 1 aliphatic heterocycles. The van der Waals surface area contributed by atoms with Gasteiger partial charge in [0.1, 0.15) is 5.82 Å². The number of hydrogen-bond acceptors (Lipinski definition) is 4. The lowest BCUT2D eigenvalue weighted by atomic mass is 10.0. The van der Waals surface area contributed by atoms with Crippen LogP contribution in [0.15, 0.2) is 30.5 Å². The summed E-state index contributed by atoms with van der Waals surface area (Å²) in [5, 5.41) is 11.3. The lowest BCUT2D eigenvalue weighted by molar-refractivity contribution is 0.0932. The van der Waals surface area contributed by atoms with Gasteiger partial charge in [-0.3, -0.25) is 9.69 Å². The first-order valence-electron chi connectivity index (χ1n) is 9.87. The van der Waals surface area contributed by atoms with Crippen LogP contribution in [0.1, 0.15) is 60.6 Å². The van der Waals surface area contributed by atoms with E-state index < -0.39 is 0 Å². The van der Waals surface area contributed by atoms with E-state index in [1.54, 1.807) is 16.9 Å². The predicted molar refractivity (Wildman–Crippen MR) is 99.7 cm³/mol. The quantitative estimate of drug-likeness (QED) is 0.878. The molecular formula is C20H26FN5O. The van der Waals surface area contributed by atoms with Crippen molar-refractivity contribution in [1.29, 1.82) is 0 Å². The molecule has 0 bridgehead atoms. The number of carbonyl (C=O) groups is 1. The summed E-state index contributed by atoms with van der Waals surface area (Å²) in [4.78, 5) is 14.6. The molecule has 1 saturated carbocycles. The highest BCUT2D eigenvalue weighted by Crippen LogP contribution is 2.23. The molecule has 7 heteroatoms. The van der Waals surface area contributed by atoms with Gasteiger partial charge in [-0.05, 0) is 38.3 Å². The maximum absolute atomic E-state index is 13.9. The normalized spacial score (nSPS) is 21.4. The minimum atomic E-state index is -0.161. The Kier molecular flexibility index (Phi) is 5.48. The molecule has 1 saturated heterocycles. The van der Waals surface area contributed by atoms with Crippen molar-refractivity contribution in [1.82, 2.24) is 25.2 Å². The molecule has 6 nitrogen and oxygen atoms in total. The zero-order valence-electron chi connectivity index (χ0n) is 15.5. The Bertz CT molecular complexity index is 786. The number of piperidine rings is 1. The number of likely N-dealkylation sites (tertiary alicyclic amines) is 1. The standard InChI is InChI=1S/C20H26FN5O/c21-18-10-4-1-6-15(18)12-25-11-5-9-17(13-25)26-14-19(23-24-26)20(27)22-16-7-2-3-8-16/h1,4,6,10,14,16-17H,2-3,5,7-9,11-13H2,(H,22,27).